The number of para-hydroxylation sites is 1. The van der Waals surface area contributed by atoms with Crippen LogP contribution in [0.4, 0.5) is 5.69 Å². The topological polar surface area (TPSA) is 45.2 Å². The van der Waals surface area contributed by atoms with E-state index in [0.29, 0.717) is 11.7 Å². The zero-order valence-electron chi connectivity index (χ0n) is 17.6. The van der Waals surface area contributed by atoms with Crippen LogP contribution in [-0.2, 0) is 10.2 Å². The minimum Gasteiger partial charge on any atom is -0.335 e. The Balaban J connectivity index is 1.64. The maximum absolute atomic E-state index is 12.5. The number of aryl methyl sites for hydroxylation is 2. The number of aromatic nitrogens is 1. The van der Waals surface area contributed by atoms with Crippen LogP contribution in [0.1, 0.15) is 36.1 Å². The van der Waals surface area contributed by atoms with Gasteiger partial charge in [0.15, 0.2) is 0 Å². The highest BCUT2D eigenvalue weighted by Crippen LogP contribution is 2.52. The number of rotatable bonds is 2. The number of carbonyl (C=O) groups excluding carboxylic acids is 1. The van der Waals surface area contributed by atoms with Crippen molar-refractivity contribution in [2.45, 2.75) is 38.8 Å². The second-order valence-electron chi connectivity index (χ2n) is 8.90. The van der Waals surface area contributed by atoms with Crippen LogP contribution in [0, 0.1) is 13.8 Å². The van der Waals surface area contributed by atoms with Gasteiger partial charge in [0.2, 0.25) is 5.91 Å². The quantitative estimate of drug-likeness (QED) is 0.587. The van der Waals surface area contributed by atoms with Crippen LogP contribution in [0.25, 0.3) is 17.0 Å². The van der Waals surface area contributed by atoms with Crippen molar-refractivity contribution in [3.05, 3.63) is 75.9 Å². The molecule has 2 aliphatic rings. The molecular formula is C25H24ClN3O. The summed E-state index contributed by atoms with van der Waals surface area (Å²) in [7, 11) is 0. The van der Waals surface area contributed by atoms with Crippen LogP contribution in [0.2, 0.25) is 5.15 Å². The molecule has 1 atom stereocenters. The predicted molar refractivity (Wildman–Crippen MR) is 123 cm³/mol. The molecule has 4 nitrogen and oxygen atoms in total. The minimum atomic E-state index is -0.644. The molecule has 1 saturated heterocycles. The first-order chi connectivity index (χ1) is 14.2. The van der Waals surface area contributed by atoms with Gasteiger partial charge in [-0.3, -0.25) is 4.79 Å². The molecule has 0 saturated carbocycles. The van der Waals surface area contributed by atoms with Crippen molar-refractivity contribution in [3.8, 4) is 0 Å². The summed E-state index contributed by atoms with van der Waals surface area (Å²) in [5, 5.41) is 4.78. The lowest BCUT2D eigenvalue weighted by atomic mass is 9.75. The monoisotopic (exact) mass is 417 g/mol. The Morgan fingerprint density at radius 2 is 1.93 bits per heavy atom. The third kappa shape index (κ3) is 2.53. The second kappa shape index (κ2) is 6.32. The van der Waals surface area contributed by atoms with E-state index in [2.05, 4.69) is 85.4 Å². The van der Waals surface area contributed by atoms with Gasteiger partial charge < -0.3 is 10.2 Å². The first-order valence-corrected chi connectivity index (χ1v) is 10.6. The number of pyridine rings is 1. The molecule has 0 aliphatic carbocycles. The summed E-state index contributed by atoms with van der Waals surface area (Å²) in [5.41, 5.74) is 5.44. The molecule has 2 aliphatic heterocycles. The largest absolute Gasteiger partial charge is 0.335 e. The highest BCUT2D eigenvalue weighted by Gasteiger charge is 2.59. The SMILES string of the molecule is Cc1cc(C)c2nc(Cl)c(/C=C/[C@]34NC(=O)CN3c3ccccc3C4(C)C)cc2c1. The molecule has 2 aromatic carbocycles. The smallest absolute Gasteiger partial charge is 0.241 e. The molecule has 0 radical (unpaired) electrons. The zero-order chi connectivity index (χ0) is 21.3. The van der Waals surface area contributed by atoms with Gasteiger partial charge in [-0.1, -0.05) is 61.4 Å². The molecule has 1 amide bonds. The number of nitrogens with one attached hydrogen (secondary N) is 1. The lowest BCUT2D eigenvalue weighted by Gasteiger charge is -2.40. The van der Waals surface area contributed by atoms with Crippen molar-refractivity contribution in [2.24, 2.45) is 0 Å². The van der Waals surface area contributed by atoms with Crippen molar-refractivity contribution < 1.29 is 4.79 Å². The fourth-order valence-corrected chi connectivity index (χ4v) is 5.31. The molecule has 1 N–H and O–H groups in total. The highest BCUT2D eigenvalue weighted by molar-refractivity contribution is 6.31. The van der Waals surface area contributed by atoms with E-state index >= 15 is 0 Å². The minimum absolute atomic E-state index is 0.0243. The molecule has 0 bridgehead atoms. The van der Waals surface area contributed by atoms with Crippen LogP contribution in [0.15, 0.2) is 48.5 Å². The fourth-order valence-electron chi connectivity index (χ4n) is 5.11. The maximum Gasteiger partial charge on any atom is 0.241 e. The van der Waals surface area contributed by atoms with Gasteiger partial charge in [-0.25, -0.2) is 4.98 Å². The summed E-state index contributed by atoms with van der Waals surface area (Å²) in [6, 6.07) is 14.6. The molecule has 30 heavy (non-hydrogen) atoms. The van der Waals surface area contributed by atoms with E-state index in [1.54, 1.807) is 0 Å². The van der Waals surface area contributed by atoms with E-state index in [1.165, 1.54) is 11.1 Å². The normalized spacial score (nSPS) is 21.9. The van der Waals surface area contributed by atoms with Gasteiger partial charge in [0.1, 0.15) is 10.8 Å². The number of nitrogens with zero attached hydrogens (tertiary/aromatic N) is 2. The van der Waals surface area contributed by atoms with E-state index in [0.717, 1.165) is 27.7 Å². The average molecular weight is 418 g/mol. The van der Waals surface area contributed by atoms with E-state index in [9.17, 15) is 4.79 Å². The summed E-state index contributed by atoms with van der Waals surface area (Å²) in [4.78, 5) is 19.3. The van der Waals surface area contributed by atoms with E-state index < -0.39 is 5.66 Å². The van der Waals surface area contributed by atoms with Crippen LogP contribution in [0.5, 0.6) is 0 Å². The van der Waals surface area contributed by atoms with E-state index in [4.69, 9.17) is 11.6 Å². The Kier molecular flexibility index (Phi) is 4.03. The molecule has 0 spiro atoms. The van der Waals surface area contributed by atoms with Gasteiger partial charge in [-0.2, -0.15) is 0 Å². The predicted octanol–water partition coefficient (Wildman–Crippen LogP) is 5.14. The first kappa shape index (κ1) is 19.1. The number of fused-ring (bicyclic) bond motifs is 4. The molecule has 3 heterocycles. The number of anilines is 1. The summed E-state index contributed by atoms with van der Waals surface area (Å²) in [6.45, 7) is 8.83. The molecule has 152 valence electrons. The molecule has 1 fully saturated rings. The number of hydrogen-bond donors (Lipinski definition) is 1. The Hall–Kier alpha value is -2.85. The molecule has 5 heteroatoms. The van der Waals surface area contributed by atoms with Gasteiger partial charge in [-0.15, -0.1) is 0 Å². The third-order valence-electron chi connectivity index (χ3n) is 6.62. The average Bonchev–Trinajstić information content (AvgIpc) is 3.12. The molecule has 3 aromatic rings. The van der Waals surface area contributed by atoms with Gasteiger partial charge in [-0.05, 0) is 49.2 Å². The summed E-state index contributed by atoms with van der Waals surface area (Å²) < 4.78 is 0. The lowest BCUT2D eigenvalue weighted by molar-refractivity contribution is -0.118. The molecule has 0 unspecified atom stereocenters. The van der Waals surface area contributed by atoms with Crippen LogP contribution in [-0.4, -0.2) is 23.1 Å². The van der Waals surface area contributed by atoms with E-state index in [1.807, 2.05) is 12.1 Å². The van der Waals surface area contributed by atoms with Crippen LogP contribution in [0.3, 0.4) is 0 Å². The zero-order valence-corrected chi connectivity index (χ0v) is 18.3. The first-order valence-electron chi connectivity index (χ1n) is 10.2. The van der Waals surface area contributed by atoms with Gasteiger partial charge in [0, 0.05) is 22.1 Å². The third-order valence-corrected chi connectivity index (χ3v) is 6.92. The van der Waals surface area contributed by atoms with Crippen LogP contribution >= 0.6 is 11.6 Å². The molecule has 5 rings (SSSR count). The van der Waals surface area contributed by atoms with Crippen LogP contribution < -0.4 is 10.2 Å². The van der Waals surface area contributed by atoms with Crippen molar-refractivity contribution in [2.75, 3.05) is 11.4 Å². The molecule has 1 aromatic heterocycles. The summed E-state index contributed by atoms with van der Waals surface area (Å²) >= 11 is 6.57. The Labute approximate surface area is 181 Å². The standard InChI is InChI=1S/C25H24ClN3O/c1-15-11-16(2)22-18(12-15)13-17(23(26)27-22)9-10-25-24(3,4)19-7-5-6-8-20(19)29(25)14-21(30)28-25/h5-13H,14H2,1-4H3,(H,28,30)/b10-9+/t25-/m0/s1. The Morgan fingerprint density at radius 3 is 2.73 bits per heavy atom. The Morgan fingerprint density at radius 1 is 1.17 bits per heavy atom. The van der Waals surface area contributed by atoms with E-state index in [-0.39, 0.29) is 11.3 Å². The van der Waals surface area contributed by atoms with Gasteiger partial charge in [0.25, 0.3) is 0 Å². The van der Waals surface area contributed by atoms with Crippen molar-refractivity contribution in [1.29, 1.82) is 0 Å². The lowest BCUT2D eigenvalue weighted by Crippen LogP contribution is -2.58. The summed E-state index contributed by atoms with van der Waals surface area (Å²) in [6.07, 6.45) is 4.08. The number of carbonyl (C=O) groups is 1. The Bertz CT molecular complexity index is 1250. The number of amides is 1. The summed E-state index contributed by atoms with van der Waals surface area (Å²) in [5.74, 6) is 0.0243. The maximum atomic E-state index is 12.5. The number of benzene rings is 2. The van der Waals surface area contributed by atoms with Crippen molar-refractivity contribution in [1.82, 2.24) is 10.3 Å². The van der Waals surface area contributed by atoms with Crippen molar-refractivity contribution >= 4 is 40.2 Å². The second-order valence-corrected chi connectivity index (χ2v) is 9.26. The fraction of sp³-hybridized carbons (Fsp3) is 0.280. The van der Waals surface area contributed by atoms with Crippen molar-refractivity contribution in [3.63, 3.8) is 0 Å². The van der Waals surface area contributed by atoms with Gasteiger partial charge in [0.05, 0.1) is 12.1 Å². The molecular weight excluding hydrogens is 394 g/mol. The van der Waals surface area contributed by atoms with Gasteiger partial charge >= 0.3 is 0 Å². The highest BCUT2D eigenvalue weighted by atomic mass is 35.5. The number of hydrogen-bond acceptors (Lipinski definition) is 3. The number of halogens is 1.